The first-order chi connectivity index (χ1) is 16.0. The molecule has 2 aliphatic rings. The minimum absolute atomic E-state index is 0.0227. The van der Waals surface area contributed by atoms with Crippen LogP contribution in [0.15, 0.2) is 53.6 Å². The summed E-state index contributed by atoms with van der Waals surface area (Å²) in [6, 6.07) is 13.1. The van der Waals surface area contributed by atoms with Crippen molar-refractivity contribution in [1.29, 1.82) is 0 Å². The molecular formula is C25H27FN4O3. The maximum atomic E-state index is 13.1. The lowest BCUT2D eigenvalue weighted by atomic mass is 10.1. The van der Waals surface area contributed by atoms with Gasteiger partial charge in [0.25, 0.3) is 11.8 Å². The Kier molecular flexibility index (Phi) is 7.12. The number of piperidine rings is 1. The summed E-state index contributed by atoms with van der Waals surface area (Å²) in [6.45, 7) is 2.00. The van der Waals surface area contributed by atoms with Gasteiger partial charge < -0.3 is 10.2 Å². The number of likely N-dealkylation sites (tertiary alicyclic amines) is 1. The average molecular weight is 451 g/mol. The minimum atomic E-state index is -0.353. The number of benzene rings is 2. The molecule has 2 aromatic rings. The van der Waals surface area contributed by atoms with E-state index in [1.807, 2.05) is 23.1 Å². The summed E-state index contributed by atoms with van der Waals surface area (Å²) in [5.74, 6) is -0.859. The van der Waals surface area contributed by atoms with E-state index >= 15 is 0 Å². The molecule has 0 unspecified atom stereocenters. The van der Waals surface area contributed by atoms with E-state index in [9.17, 15) is 18.8 Å². The SMILES string of the molecule is O=C(NCc1cccc(C(=O)N2CCCCC2)c1)C1=NN(Cc2ccc(F)cc2)C(=O)CC1. The van der Waals surface area contributed by atoms with Crippen molar-refractivity contribution in [1.82, 2.24) is 15.2 Å². The van der Waals surface area contributed by atoms with Crippen LogP contribution in [-0.4, -0.2) is 46.4 Å². The van der Waals surface area contributed by atoms with Gasteiger partial charge >= 0.3 is 0 Å². The van der Waals surface area contributed by atoms with Gasteiger partial charge in [-0.15, -0.1) is 0 Å². The van der Waals surface area contributed by atoms with E-state index in [0.29, 0.717) is 5.56 Å². The second kappa shape index (κ2) is 10.4. The summed E-state index contributed by atoms with van der Waals surface area (Å²) in [7, 11) is 0. The molecule has 0 aromatic heterocycles. The molecule has 1 saturated heterocycles. The number of hydrazone groups is 1. The number of nitrogens with zero attached hydrogens (tertiary/aromatic N) is 3. The second-order valence-electron chi connectivity index (χ2n) is 8.36. The molecule has 7 nitrogen and oxygen atoms in total. The van der Waals surface area contributed by atoms with Crippen molar-refractivity contribution in [2.45, 2.75) is 45.2 Å². The van der Waals surface area contributed by atoms with E-state index in [0.717, 1.165) is 43.5 Å². The van der Waals surface area contributed by atoms with Crippen molar-refractivity contribution in [3.63, 3.8) is 0 Å². The van der Waals surface area contributed by atoms with Gasteiger partial charge in [-0.3, -0.25) is 14.4 Å². The maximum Gasteiger partial charge on any atom is 0.267 e. The van der Waals surface area contributed by atoms with Crippen molar-refractivity contribution in [3.8, 4) is 0 Å². The molecule has 0 spiro atoms. The third-order valence-electron chi connectivity index (χ3n) is 5.88. The Labute approximate surface area is 192 Å². The first-order valence-electron chi connectivity index (χ1n) is 11.3. The quantitative estimate of drug-likeness (QED) is 0.734. The molecule has 0 radical (unpaired) electrons. The Bertz CT molecular complexity index is 1060. The Morgan fingerprint density at radius 2 is 1.73 bits per heavy atom. The topological polar surface area (TPSA) is 82.1 Å². The lowest BCUT2D eigenvalue weighted by Crippen LogP contribution is -2.38. The van der Waals surface area contributed by atoms with E-state index in [-0.39, 0.29) is 55.2 Å². The molecule has 0 aliphatic carbocycles. The lowest BCUT2D eigenvalue weighted by molar-refractivity contribution is -0.132. The number of nitrogens with one attached hydrogen (secondary N) is 1. The summed E-state index contributed by atoms with van der Waals surface area (Å²) in [5, 5.41) is 8.33. The molecule has 1 fully saturated rings. The molecule has 8 heteroatoms. The Morgan fingerprint density at radius 3 is 2.48 bits per heavy atom. The third-order valence-corrected chi connectivity index (χ3v) is 5.88. The summed E-state index contributed by atoms with van der Waals surface area (Å²) in [4.78, 5) is 39.5. The molecule has 0 bridgehead atoms. The van der Waals surface area contributed by atoms with E-state index < -0.39 is 0 Å². The molecule has 4 rings (SSSR count). The van der Waals surface area contributed by atoms with Crippen LogP contribution in [0.5, 0.6) is 0 Å². The molecule has 0 saturated carbocycles. The smallest absolute Gasteiger partial charge is 0.267 e. The molecule has 172 valence electrons. The average Bonchev–Trinajstić information content (AvgIpc) is 2.85. The first kappa shape index (κ1) is 22.6. The summed E-state index contributed by atoms with van der Waals surface area (Å²) in [6.07, 6.45) is 3.67. The second-order valence-corrected chi connectivity index (χ2v) is 8.36. The monoisotopic (exact) mass is 450 g/mol. The highest BCUT2D eigenvalue weighted by atomic mass is 19.1. The fourth-order valence-electron chi connectivity index (χ4n) is 4.03. The highest BCUT2D eigenvalue weighted by molar-refractivity contribution is 6.39. The van der Waals surface area contributed by atoms with Gasteiger partial charge in [-0.1, -0.05) is 24.3 Å². The predicted molar refractivity (Wildman–Crippen MR) is 122 cm³/mol. The van der Waals surface area contributed by atoms with E-state index in [2.05, 4.69) is 10.4 Å². The number of carbonyl (C=O) groups excluding carboxylic acids is 3. The van der Waals surface area contributed by atoms with Gasteiger partial charge in [0.05, 0.1) is 6.54 Å². The normalized spacial score (nSPS) is 16.4. The predicted octanol–water partition coefficient (Wildman–Crippen LogP) is 3.25. The Morgan fingerprint density at radius 1 is 0.970 bits per heavy atom. The van der Waals surface area contributed by atoms with E-state index in [1.165, 1.54) is 17.1 Å². The van der Waals surface area contributed by atoms with Crippen molar-refractivity contribution >= 4 is 23.4 Å². The minimum Gasteiger partial charge on any atom is -0.347 e. The van der Waals surface area contributed by atoms with Crippen molar-refractivity contribution < 1.29 is 18.8 Å². The third kappa shape index (κ3) is 5.83. The van der Waals surface area contributed by atoms with Gasteiger partial charge in [0.15, 0.2) is 0 Å². The van der Waals surface area contributed by atoms with Gasteiger partial charge in [-0.25, -0.2) is 9.40 Å². The number of amides is 3. The highest BCUT2D eigenvalue weighted by Gasteiger charge is 2.24. The lowest BCUT2D eigenvalue weighted by Gasteiger charge is -2.26. The largest absolute Gasteiger partial charge is 0.347 e. The van der Waals surface area contributed by atoms with Gasteiger partial charge in [-0.2, -0.15) is 5.10 Å². The molecule has 3 amide bonds. The molecule has 2 heterocycles. The fourth-order valence-corrected chi connectivity index (χ4v) is 4.03. The molecule has 2 aromatic carbocycles. The number of hydrogen-bond donors (Lipinski definition) is 1. The molecular weight excluding hydrogens is 423 g/mol. The summed E-state index contributed by atoms with van der Waals surface area (Å²) < 4.78 is 13.1. The number of carbonyl (C=O) groups is 3. The fraction of sp³-hybridized carbons (Fsp3) is 0.360. The van der Waals surface area contributed by atoms with Crippen LogP contribution in [0.4, 0.5) is 4.39 Å². The van der Waals surface area contributed by atoms with Crippen molar-refractivity contribution in [2.24, 2.45) is 5.10 Å². The van der Waals surface area contributed by atoms with Crippen LogP contribution in [0.25, 0.3) is 0 Å². The molecule has 2 aliphatic heterocycles. The van der Waals surface area contributed by atoms with Crippen LogP contribution < -0.4 is 5.32 Å². The number of hydrogen-bond acceptors (Lipinski definition) is 4. The van der Waals surface area contributed by atoms with Gasteiger partial charge in [0, 0.05) is 38.0 Å². The van der Waals surface area contributed by atoms with Crippen molar-refractivity contribution in [3.05, 3.63) is 71.0 Å². The Hall–Kier alpha value is -3.55. The molecule has 0 atom stereocenters. The first-order valence-corrected chi connectivity index (χ1v) is 11.3. The zero-order valence-electron chi connectivity index (χ0n) is 18.4. The molecule has 33 heavy (non-hydrogen) atoms. The van der Waals surface area contributed by atoms with Crippen molar-refractivity contribution in [2.75, 3.05) is 13.1 Å². The van der Waals surface area contributed by atoms with E-state index in [4.69, 9.17) is 0 Å². The van der Waals surface area contributed by atoms with Gasteiger partial charge in [-0.05, 0) is 54.7 Å². The molecule has 1 N–H and O–H groups in total. The van der Waals surface area contributed by atoms with E-state index in [1.54, 1.807) is 18.2 Å². The van der Waals surface area contributed by atoms with Crippen LogP contribution in [0, 0.1) is 5.82 Å². The number of rotatable bonds is 6. The van der Waals surface area contributed by atoms with Crippen LogP contribution in [-0.2, 0) is 22.7 Å². The maximum absolute atomic E-state index is 13.1. The van der Waals surface area contributed by atoms with Gasteiger partial charge in [0.1, 0.15) is 11.5 Å². The van der Waals surface area contributed by atoms with Gasteiger partial charge in [0.2, 0.25) is 5.91 Å². The number of halogens is 1. The summed E-state index contributed by atoms with van der Waals surface area (Å²) in [5.41, 5.74) is 2.44. The Balaban J connectivity index is 1.37. The zero-order chi connectivity index (χ0) is 23.2. The van der Waals surface area contributed by atoms with Crippen LogP contribution >= 0.6 is 0 Å². The van der Waals surface area contributed by atoms with Crippen LogP contribution in [0.3, 0.4) is 0 Å². The zero-order valence-corrected chi connectivity index (χ0v) is 18.4. The van der Waals surface area contributed by atoms with Crippen LogP contribution in [0.1, 0.15) is 53.6 Å². The summed E-state index contributed by atoms with van der Waals surface area (Å²) >= 11 is 0. The standard InChI is InChI=1S/C25H27FN4O3/c26-21-9-7-18(8-10-21)17-30-23(31)12-11-22(28-30)24(32)27-16-19-5-4-6-20(15-19)25(33)29-13-2-1-3-14-29/h4-10,15H,1-3,11-14,16-17H2,(H,27,32). The highest BCUT2D eigenvalue weighted by Crippen LogP contribution is 2.16. The van der Waals surface area contributed by atoms with Crippen LogP contribution in [0.2, 0.25) is 0 Å².